The molecule has 2 aromatic rings. The van der Waals surface area contributed by atoms with Gasteiger partial charge in [-0.25, -0.2) is 0 Å². The van der Waals surface area contributed by atoms with Crippen LogP contribution in [0.3, 0.4) is 0 Å². The normalized spacial score (nSPS) is 19.9. The highest BCUT2D eigenvalue weighted by atomic mass is 16.5. The molecule has 2 atom stereocenters. The molecule has 1 aromatic heterocycles. The van der Waals surface area contributed by atoms with Crippen LogP contribution in [-0.4, -0.2) is 36.8 Å². The SMILES string of the molecule is CCOc1cccc(C(=O)NC2COCC2Cc2ccncc2)c1. The predicted molar refractivity (Wildman–Crippen MR) is 91.1 cm³/mol. The monoisotopic (exact) mass is 326 g/mol. The van der Waals surface area contributed by atoms with Crippen LogP contribution in [0.2, 0.25) is 0 Å². The van der Waals surface area contributed by atoms with E-state index in [4.69, 9.17) is 9.47 Å². The van der Waals surface area contributed by atoms with Crippen LogP contribution in [0, 0.1) is 5.92 Å². The zero-order chi connectivity index (χ0) is 16.8. The van der Waals surface area contributed by atoms with Gasteiger partial charge >= 0.3 is 0 Å². The summed E-state index contributed by atoms with van der Waals surface area (Å²) in [6, 6.07) is 11.3. The topological polar surface area (TPSA) is 60.5 Å². The molecule has 0 radical (unpaired) electrons. The molecule has 2 unspecified atom stereocenters. The average Bonchev–Trinajstić information content (AvgIpc) is 3.03. The fraction of sp³-hybridized carbons (Fsp3) is 0.368. The molecule has 0 aliphatic carbocycles. The highest BCUT2D eigenvalue weighted by Crippen LogP contribution is 2.20. The average molecular weight is 326 g/mol. The van der Waals surface area contributed by atoms with Crippen molar-refractivity contribution in [2.75, 3.05) is 19.8 Å². The number of nitrogens with one attached hydrogen (secondary N) is 1. The van der Waals surface area contributed by atoms with Crippen LogP contribution in [0.15, 0.2) is 48.8 Å². The van der Waals surface area contributed by atoms with Gasteiger partial charge in [0.05, 0.1) is 25.9 Å². The van der Waals surface area contributed by atoms with Gasteiger partial charge < -0.3 is 14.8 Å². The maximum absolute atomic E-state index is 12.5. The summed E-state index contributed by atoms with van der Waals surface area (Å²) in [7, 11) is 0. The van der Waals surface area contributed by atoms with E-state index in [1.54, 1.807) is 24.5 Å². The predicted octanol–water partition coefficient (Wildman–Crippen LogP) is 2.47. The molecule has 126 valence electrons. The van der Waals surface area contributed by atoms with Crippen LogP contribution >= 0.6 is 0 Å². The Morgan fingerprint density at radius 3 is 2.92 bits per heavy atom. The third-order valence-corrected chi connectivity index (χ3v) is 4.17. The van der Waals surface area contributed by atoms with Crippen LogP contribution < -0.4 is 10.1 Å². The van der Waals surface area contributed by atoms with Gasteiger partial charge in [0, 0.05) is 23.9 Å². The van der Waals surface area contributed by atoms with E-state index in [-0.39, 0.29) is 17.9 Å². The maximum Gasteiger partial charge on any atom is 0.251 e. The first kappa shape index (κ1) is 16.5. The largest absolute Gasteiger partial charge is 0.494 e. The molecule has 0 saturated carbocycles. The smallest absolute Gasteiger partial charge is 0.251 e. The minimum absolute atomic E-state index is 0.0152. The summed E-state index contributed by atoms with van der Waals surface area (Å²) in [6.07, 6.45) is 4.45. The van der Waals surface area contributed by atoms with Gasteiger partial charge in [0.1, 0.15) is 5.75 Å². The fourth-order valence-corrected chi connectivity index (χ4v) is 2.93. The molecular weight excluding hydrogens is 304 g/mol. The Hall–Kier alpha value is -2.40. The van der Waals surface area contributed by atoms with Gasteiger partial charge in [0.15, 0.2) is 0 Å². The van der Waals surface area contributed by atoms with Gasteiger partial charge in [0.2, 0.25) is 0 Å². The zero-order valence-electron chi connectivity index (χ0n) is 13.8. The molecule has 1 aliphatic heterocycles. The first-order valence-electron chi connectivity index (χ1n) is 8.26. The Morgan fingerprint density at radius 1 is 1.29 bits per heavy atom. The van der Waals surface area contributed by atoms with E-state index in [0.717, 1.165) is 6.42 Å². The summed E-state index contributed by atoms with van der Waals surface area (Å²) in [5, 5.41) is 3.10. The van der Waals surface area contributed by atoms with E-state index in [1.165, 1.54) is 5.56 Å². The van der Waals surface area contributed by atoms with Crippen LogP contribution in [0.5, 0.6) is 5.75 Å². The molecule has 1 aliphatic rings. The number of carbonyl (C=O) groups is 1. The second-order valence-electron chi connectivity index (χ2n) is 5.90. The second kappa shape index (κ2) is 7.93. The molecule has 1 fully saturated rings. The number of ether oxygens (including phenoxy) is 2. The number of rotatable bonds is 6. The summed E-state index contributed by atoms with van der Waals surface area (Å²) < 4.78 is 11.0. The van der Waals surface area contributed by atoms with Gasteiger partial charge in [-0.1, -0.05) is 6.07 Å². The summed E-state index contributed by atoms with van der Waals surface area (Å²) in [5.41, 5.74) is 1.81. The van der Waals surface area contributed by atoms with Gasteiger partial charge in [-0.2, -0.15) is 0 Å². The number of pyridine rings is 1. The van der Waals surface area contributed by atoms with Crippen molar-refractivity contribution >= 4 is 5.91 Å². The molecule has 1 N–H and O–H groups in total. The summed E-state index contributed by atoms with van der Waals surface area (Å²) in [4.78, 5) is 16.6. The Morgan fingerprint density at radius 2 is 2.12 bits per heavy atom. The summed E-state index contributed by atoms with van der Waals surface area (Å²) in [5.74, 6) is 0.888. The third kappa shape index (κ3) is 4.11. The molecule has 5 heteroatoms. The zero-order valence-corrected chi connectivity index (χ0v) is 13.8. The van der Waals surface area contributed by atoms with Crippen molar-refractivity contribution in [2.45, 2.75) is 19.4 Å². The third-order valence-electron chi connectivity index (χ3n) is 4.17. The van der Waals surface area contributed by atoms with E-state index in [1.807, 2.05) is 31.2 Å². The van der Waals surface area contributed by atoms with Crippen molar-refractivity contribution in [1.29, 1.82) is 0 Å². The Balaban J connectivity index is 1.63. The number of benzene rings is 1. The standard InChI is InChI=1S/C19H22N2O3/c1-2-24-17-5-3-4-15(11-17)19(22)21-18-13-23-12-16(18)10-14-6-8-20-9-7-14/h3-9,11,16,18H,2,10,12-13H2,1H3,(H,21,22). The van der Waals surface area contributed by atoms with Crippen molar-refractivity contribution in [3.05, 3.63) is 59.9 Å². The van der Waals surface area contributed by atoms with E-state index in [0.29, 0.717) is 31.1 Å². The lowest BCUT2D eigenvalue weighted by molar-refractivity contribution is 0.0924. The van der Waals surface area contributed by atoms with Crippen LogP contribution in [0.25, 0.3) is 0 Å². The molecule has 0 spiro atoms. The molecule has 2 heterocycles. The molecule has 5 nitrogen and oxygen atoms in total. The summed E-state index contributed by atoms with van der Waals surface area (Å²) in [6.45, 7) is 3.71. The van der Waals surface area contributed by atoms with E-state index >= 15 is 0 Å². The number of nitrogens with zero attached hydrogens (tertiary/aromatic N) is 1. The van der Waals surface area contributed by atoms with Crippen LogP contribution in [0.4, 0.5) is 0 Å². The van der Waals surface area contributed by atoms with E-state index in [9.17, 15) is 4.79 Å². The first-order valence-corrected chi connectivity index (χ1v) is 8.26. The van der Waals surface area contributed by atoms with Gasteiger partial charge in [-0.15, -0.1) is 0 Å². The number of hydrogen-bond donors (Lipinski definition) is 1. The van der Waals surface area contributed by atoms with Crippen LogP contribution in [0.1, 0.15) is 22.8 Å². The molecule has 1 aromatic carbocycles. The first-order chi connectivity index (χ1) is 11.8. The van der Waals surface area contributed by atoms with Crippen molar-refractivity contribution in [3.63, 3.8) is 0 Å². The molecule has 3 rings (SSSR count). The minimum atomic E-state index is -0.0909. The number of amides is 1. The molecule has 1 saturated heterocycles. The lowest BCUT2D eigenvalue weighted by Crippen LogP contribution is -2.40. The number of hydrogen-bond acceptors (Lipinski definition) is 4. The van der Waals surface area contributed by atoms with Crippen molar-refractivity contribution in [1.82, 2.24) is 10.3 Å². The molecule has 0 bridgehead atoms. The highest BCUT2D eigenvalue weighted by Gasteiger charge is 2.29. The minimum Gasteiger partial charge on any atom is -0.494 e. The van der Waals surface area contributed by atoms with Gasteiger partial charge in [-0.3, -0.25) is 9.78 Å². The lowest BCUT2D eigenvalue weighted by Gasteiger charge is -2.19. The molecule has 24 heavy (non-hydrogen) atoms. The van der Waals surface area contributed by atoms with Crippen molar-refractivity contribution < 1.29 is 14.3 Å². The van der Waals surface area contributed by atoms with E-state index < -0.39 is 0 Å². The Labute approximate surface area is 142 Å². The van der Waals surface area contributed by atoms with Crippen LogP contribution in [-0.2, 0) is 11.2 Å². The Bertz CT molecular complexity index is 675. The second-order valence-corrected chi connectivity index (χ2v) is 5.90. The van der Waals surface area contributed by atoms with Crippen molar-refractivity contribution in [2.24, 2.45) is 5.92 Å². The van der Waals surface area contributed by atoms with Gasteiger partial charge in [-0.05, 0) is 49.2 Å². The quantitative estimate of drug-likeness (QED) is 0.886. The summed E-state index contributed by atoms with van der Waals surface area (Å²) >= 11 is 0. The molecule has 1 amide bonds. The van der Waals surface area contributed by atoms with Crippen molar-refractivity contribution in [3.8, 4) is 5.75 Å². The lowest BCUT2D eigenvalue weighted by atomic mass is 9.95. The highest BCUT2D eigenvalue weighted by molar-refractivity contribution is 5.94. The Kier molecular flexibility index (Phi) is 5.43. The fourth-order valence-electron chi connectivity index (χ4n) is 2.93. The maximum atomic E-state index is 12.5. The number of carbonyl (C=O) groups excluding carboxylic acids is 1. The number of aromatic nitrogens is 1. The van der Waals surface area contributed by atoms with Gasteiger partial charge in [0.25, 0.3) is 5.91 Å². The molecular formula is C19H22N2O3. The van der Waals surface area contributed by atoms with E-state index in [2.05, 4.69) is 10.3 Å².